The van der Waals surface area contributed by atoms with Crippen LogP contribution in [0.5, 0.6) is 0 Å². The van der Waals surface area contributed by atoms with Crippen molar-refractivity contribution < 1.29 is 0 Å². The van der Waals surface area contributed by atoms with E-state index in [2.05, 4.69) is 36.1 Å². The van der Waals surface area contributed by atoms with Gasteiger partial charge in [0.15, 0.2) is 0 Å². The van der Waals surface area contributed by atoms with E-state index in [0.29, 0.717) is 17.5 Å². The molecule has 3 nitrogen and oxygen atoms in total. The van der Waals surface area contributed by atoms with Crippen LogP contribution in [0.4, 0.5) is 0 Å². The fraction of sp³-hybridized carbons (Fsp3) is 0.824. The maximum Gasteiger partial charge on any atom is 0.0640 e. The normalized spacial score (nSPS) is 23.1. The average molecular weight is 275 g/mol. The maximum atomic E-state index is 4.86. The Morgan fingerprint density at radius 2 is 2.15 bits per heavy atom. The van der Waals surface area contributed by atoms with Gasteiger partial charge in [0.05, 0.1) is 11.7 Å². The molecule has 1 aromatic rings. The SMILES string of the molecule is CCCNC(Cc1ccn(C2CCCC2)n1)C1(C)CC1. The van der Waals surface area contributed by atoms with Crippen molar-refractivity contribution in [1.29, 1.82) is 0 Å². The number of rotatable bonds is 7. The zero-order valence-electron chi connectivity index (χ0n) is 13.1. The van der Waals surface area contributed by atoms with Gasteiger partial charge in [0.25, 0.3) is 0 Å². The summed E-state index contributed by atoms with van der Waals surface area (Å²) in [6, 6.07) is 3.52. The summed E-state index contributed by atoms with van der Waals surface area (Å²) in [5, 5.41) is 8.61. The highest BCUT2D eigenvalue weighted by Gasteiger charge is 2.44. The lowest BCUT2D eigenvalue weighted by Gasteiger charge is -2.24. The molecule has 20 heavy (non-hydrogen) atoms. The molecule has 0 aromatic carbocycles. The highest BCUT2D eigenvalue weighted by molar-refractivity contribution is 5.08. The Balaban J connectivity index is 1.62. The van der Waals surface area contributed by atoms with E-state index in [1.807, 2.05) is 0 Å². The van der Waals surface area contributed by atoms with Crippen molar-refractivity contribution >= 4 is 0 Å². The van der Waals surface area contributed by atoms with Gasteiger partial charge in [-0.1, -0.05) is 26.7 Å². The molecule has 1 N–H and O–H groups in total. The van der Waals surface area contributed by atoms with Crippen LogP contribution in [0.15, 0.2) is 12.3 Å². The largest absolute Gasteiger partial charge is 0.313 e. The van der Waals surface area contributed by atoms with Gasteiger partial charge in [-0.15, -0.1) is 0 Å². The summed E-state index contributed by atoms with van der Waals surface area (Å²) in [6.07, 6.45) is 12.6. The van der Waals surface area contributed by atoms with Crippen molar-refractivity contribution in [2.75, 3.05) is 6.54 Å². The molecule has 3 heteroatoms. The van der Waals surface area contributed by atoms with E-state index in [-0.39, 0.29) is 0 Å². The van der Waals surface area contributed by atoms with Crippen LogP contribution in [0.1, 0.15) is 70.5 Å². The van der Waals surface area contributed by atoms with Crippen molar-refractivity contribution in [3.8, 4) is 0 Å². The number of hydrogen-bond acceptors (Lipinski definition) is 2. The summed E-state index contributed by atoms with van der Waals surface area (Å²) < 4.78 is 2.23. The molecule has 2 fully saturated rings. The molecule has 1 heterocycles. The van der Waals surface area contributed by atoms with Crippen LogP contribution in [-0.4, -0.2) is 22.4 Å². The highest BCUT2D eigenvalue weighted by atomic mass is 15.3. The topological polar surface area (TPSA) is 29.9 Å². The first-order valence-corrected chi connectivity index (χ1v) is 8.49. The molecule has 3 rings (SSSR count). The monoisotopic (exact) mass is 275 g/mol. The molecular formula is C17H29N3. The van der Waals surface area contributed by atoms with E-state index < -0.39 is 0 Å². The van der Waals surface area contributed by atoms with Crippen LogP contribution < -0.4 is 5.32 Å². The minimum absolute atomic E-state index is 0.520. The number of aromatic nitrogens is 2. The Morgan fingerprint density at radius 3 is 2.80 bits per heavy atom. The minimum Gasteiger partial charge on any atom is -0.313 e. The van der Waals surface area contributed by atoms with Gasteiger partial charge in [-0.05, 0) is 50.1 Å². The Bertz CT molecular complexity index is 427. The van der Waals surface area contributed by atoms with Crippen LogP contribution in [0, 0.1) is 5.41 Å². The van der Waals surface area contributed by atoms with Gasteiger partial charge >= 0.3 is 0 Å². The Hall–Kier alpha value is -0.830. The third-order valence-electron chi connectivity index (χ3n) is 5.30. The van der Waals surface area contributed by atoms with Gasteiger partial charge in [-0.3, -0.25) is 4.68 Å². The van der Waals surface area contributed by atoms with Crippen LogP contribution in [-0.2, 0) is 6.42 Å². The van der Waals surface area contributed by atoms with Gasteiger partial charge in [0.2, 0.25) is 0 Å². The zero-order valence-corrected chi connectivity index (χ0v) is 13.1. The first-order valence-electron chi connectivity index (χ1n) is 8.49. The molecule has 1 atom stereocenters. The molecule has 2 aliphatic carbocycles. The standard InChI is InChI=1S/C17H29N3/c1-3-11-18-16(17(2)9-10-17)13-14-8-12-20(19-14)15-6-4-5-7-15/h8,12,15-16,18H,3-7,9-11,13H2,1-2H3. The highest BCUT2D eigenvalue weighted by Crippen LogP contribution is 2.48. The second-order valence-corrected chi connectivity index (χ2v) is 7.09. The van der Waals surface area contributed by atoms with Gasteiger partial charge in [-0.2, -0.15) is 5.10 Å². The van der Waals surface area contributed by atoms with E-state index in [1.54, 1.807) is 0 Å². The van der Waals surface area contributed by atoms with Gasteiger partial charge in [0, 0.05) is 18.7 Å². The molecular weight excluding hydrogens is 246 g/mol. The predicted octanol–water partition coefficient (Wildman–Crippen LogP) is 3.71. The lowest BCUT2D eigenvalue weighted by atomic mass is 9.94. The van der Waals surface area contributed by atoms with Crippen molar-refractivity contribution in [3.63, 3.8) is 0 Å². The van der Waals surface area contributed by atoms with E-state index in [9.17, 15) is 0 Å². The van der Waals surface area contributed by atoms with E-state index in [0.717, 1.165) is 13.0 Å². The fourth-order valence-corrected chi connectivity index (χ4v) is 3.50. The summed E-state index contributed by atoms with van der Waals surface area (Å²) in [6.45, 7) is 5.80. The first kappa shape index (κ1) is 14.1. The van der Waals surface area contributed by atoms with E-state index >= 15 is 0 Å². The minimum atomic E-state index is 0.520. The number of hydrogen-bond donors (Lipinski definition) is 1. The average Bonchev–Trinajstić information content (AvgIpc) is 2.90. The molecule has 0 saturated heterocycles. The molecule has 0 aliphatic heterocycles. The second-order valence-electron chi connectivity index (χ2n) is 7.09. The summed E-state index contributed by atoms with van der Waals surface area (Å²) in [5.41, 5.74) is 1.80. The molecule has 2 saturated carbocycles. The third-order valence-corrected chi connectivity index (χ3v) is 5.30. The Morgan fingerprint density at radius 1 is 1.40 bits per heavy atom. The van der Waals surface area contributed by atoms with Crippen molar-refractivity contribution in [2.24, 2.45) is 5.41 Å². The molecule has 0 amide bonds. The Labute approximate surface area is 123 Å². The summed E-state index contributed by atoms with van der Waals surface area (Å²) >= 11 is 0. The van der Waals surface area contributed by atoms with Gasteiger partial charge in [0.1, 0.15) is 0 Å². The van der Waals surface area contributed by atoms with Crippen molar-refractivity contribution in [2.45, 2.75) is 77.3 Å². The first-order chi connectivity index (χ1) is 9.71. The number of nitrogens with zero attached hydrogens (tertiary/aromatic N) is 2. The number of nitrogens with one attached hydrogen (secondary N) is 1. The molecule has 112 valence electrons. The summed E-state index contributed by atoms with van der Waals surface area (Å²) in [7, 11) is 0. The summed E-state index contributed by atoms with van der Waals surface area (Å²) in [5.74, 6) is 0. The molecule has 0 bridgehead atoms. The van der Waals surface area contributed by atoms with E-state index in [1.165, 1.54) is 50.6 Å². The third kappa shape index (κ3) is 3.08. The lowest BCUT2D eigenvalue weighted by Crippen LogP contribution is -2.38. The van der Waals surface area contributed by atoms with Crippen LogP contribution in [0.2, 0.25) is 0 Å². The van der Waals surface area contributed by atoms with Crippen LogP contribution in [0.3, 0.4) is 0 Å². The lowest BCUT2D eigenvalue weighted by molar-refractivity contribution is 0.349. The van der Waals surface area contributed by atoms with Gasteiger partial charge in [-0.25, -0.2) is 0 Å². The molecule has 1 aromatic heterocycles. The molecule has 1 unspecified atom stereocenters. The Kier molecular flexibility index (Phi) is 4.16. The predicted molar refractivity (Wildman–Crippen MR) is 82.9 cm³/mol. The fourth-order valence-electron chi connectivity index (χ4n) is 3.50. The van der Waals surface area contributed by atoms with Crippen LogP contribution in [0.25, 0.3) is 0 Å². The maximum absolute atomic E-state index is 4.86. The summed E-state index contributed by atoms with van der Waals surface area (Å²) in [4.78, 5) is 0. The second kappa shape index (κ2) is 5.88. The van der Waals surface area contributed by atoms with Crippen molar-refractivity contribution in [3.05, 3.63) is 18.0 Å². The quantitative estimate of drug-likeness (QED) is 0.822. The van der Waals surface area contributed by atoms with Crippen LogP contribution >= 0.6 is 0 Å². The smallest absolute Gasteiger partial charge is 0.0640 e. The van der Waals surface area contributed by atoms with E-state index in [4.69, 9.17) is 5.10 Å². The molecule has 2 aliphatic rings. The molecule has 0 spiro atoms. The zero-order chi connectivity index (χ0) is 14.0. The molecule has 0 radical (unpaired) electrons. The van der Waals surface area contributed by atoms with Crippen molar-refractivity contribution in [1.82, 2.24) is 15.1 Å². The van der Waals surface area contributed by atoms with Gasteiger partial charge < -0.3 is 5.32 Å².